The van der Waals surface area contributed by atoms with E-state index in [1.807, 2.05) is 41.2 Å². The number of carbonyl (C=O) groups excluding carboxylic acids is 2. The maximum Gasteiger partial charge on any atom is 0.501 e. The summed E-state index contributed by atoms with van der Waals surface area (Å²) in [6, 6.07) is 1.48. The molecule has 0 heterocycles. The first-order valence-electron chi connectivity index (χ1n) is 12.8. The lowest BCUT2D eigenvalue weighted by atomic mass is 10.4. The van der Waals surface area contributed by atoms with Crippen LogP contribution >= 0.6 is 0 Å². The van der Waals surface area contributed by atoms with Gasteiger partial charge in [-0.05, 0) is 73.9 Å². The van der Waals surface area contributed by atoms with Gasteiger partial charge in [0.2, 0.25) is 0 Å². The van der Waals surface area contributed by atoms with Gasteiger partial charge >= 0.3 is 29.3 Å². The molecule has 0 aromatic heterocycles. The van der Waals surface area contributed by atoms with Crippen LogP contribution in [0.4, 0.5) is 0 Å². The minimum atomic E-state index is -2.61. The van der Waals surface area contributed by atoms with Crippen LogP contribution in [0.1, 0.15) is 61.3 Å². The second-order valence-electron chi connectivity index (χ2n) is 8.02. The zero-order valence-corrected chi connectivity index (χ0v) is 25.9. The normalized spacial score (nSPS) is 11.3. The molecular weight excluding hydrogens is 500 g/mol. The van der Waals surface area contributed by atoms with Gasteiger partial charge in [0, 0.05) is 50.2 Å². The molecule has 11 heteroatoms. The average molecular weight is 551 g/mol. The van der Waals surface area contributed by atoms with E-state index in [0.29, 0.717) is 69.9 Å². The van der Waals surface area contributed by atoms with E-state index >= 15 is 0 Å². The smallest absolute Gasteiger partial charge is 0.462 e. The van der Waals surface area contributed by atoms with Crippen molar-refractivity contribution < 1.29 is 41.2 Å². The highest BCUT2D eigenvalue weighted by molar-refractivity contribution is 6.66. The van der Waals surface area contributed by atoms with Crippen LogP contribution in [0.3, 0.4) is 0 Å². The van der Waals surface area contributed by atoms with Crippen molar-refractivity contribution in [2.24, 2.45) is 0 Å². The van der Waals surface area contributed by atoms with Crippen LogP contribution < -0.4 is 0 Å². The van der Waals surface area contributed by atoms with Crippen LogP contribution in [0.25, 0.3) is 0 Å². The molecule has 0 bridgehead atoms. The van der Waals surface area contributed by atoms with Crippen LogP contribution in [0.2, 0.25) is 18.6 Å². The molecule has 0 amide bonds. The van der Waals surface area contributed by atoms with Crippen molar-refractivity contribution in [3.05, 3.63) is 24.3 Å². The molecule has 0 atom stereocenters. The Labute approximate surface area is 221 Å². The largest absolute Gasteiger partial charge is 0.501 e. The third-order valence-electron chi connectivity index (χ3n) is 4.56. The number of esters is 2. The second-order valence-corrected chi connectivity index (χ2v) is 14.1. The molecule has 0 aliphatic heterocycles. The van der Waals surface area contributed by atoms with Gasteiger partial charge in [-0.2, -0.15) is 0 Å². The molecule has 0 unspecified atom stereocenters. The van der Waals surface area contributed by atoms with E-state index in [1.54, 1.807) is 13.8 Å². The van der Waals surface area contributed by atoms with E-state index in [-0.39, 0.29) is 11.9 Å². The minimum Gasteiger partial charge on any atom is -0.462 e. The van der Waals surface area contributed by atoms with Gasteiger partial charge in [-0.3, -0.25) is 0 Å². The van der Waals surface area contributed by atoms with Gasteiger partial charge < -0.3 is 31.6 Å². The van der Waals surface area contributed by atoms with Crippen molar-refractivity contribution in [2.45, 2.75) is 79.9 Å². The predicted octanol–water partition coefficient (Wildman–Crippen LogP) is 5.19. The van der Waals surface area contributed by atoms with E-state index in [0.717, 1.165) is 12.5 Å². The zero-order chi connectivity index (χ0) is 28.0. The van der Waals surface area contributed by atoms with Crippen molar-refractivity contribution in [1.29, 1.82) is 0 Å². The SMILES string of the molecule is C=C(C)C(=O)OCCC[Si](C)(OCC)OCC.C=C(C)C(=O)OCCC[Si](OCC)(OCC)OCC. The van der Waals surface area contributed by atoms with E-state index in [1.165, 1.54) is 0 Å². The van der Waals surface area contributed by atoms with Gasteiger partial charge in [0.05, 0.1) is 13.2 Å². The summed E-state index contributed by atoms with van der Waals surface area (Å²) in [5.41, 5.74) is 0.836. The van der Waals surface area contributed by atoms with Gasteiger partial charge in [0.15, 0.2) is 0 Å². The van der Waals surface area contributed by atoms with Crippen molar-refractivity contribution >= 4 is 29.3 Å². The lowest BCUT2D eigenvalue weighted by Crippen LogP contribution is -2.46. The molecule has 0 radical (unpaired) electrons. The molecule has 0 fully saturated rings. The fourth-order valence-corrected chi connectivity index (χ4v) is 8.02. The fourth-order valence-electron chi connectivity index (χ4n) is 3.06. The summed E-state index contributed by atoms with van der Waals surface area (Å²) in [5, 5.41) is 0. The van der Waals surface area contributed by atoms with Crippen LogP contribution in [0.5, 0.6) is 0 Å². The first kappa shape index (κ1) is 36.8. The van der Waals surface area contributed by atoms with Crippen molar-refractivity contribution in [3.63, 3.8) is 0 Å². The third-order valence-corrected chi connectivity index (χ3v) is 10.8. The van der Waals surface area contributed by atoms with Crippen molar-refractivity contribution in [3.8, 4) is 0 Å². The first-order chi connectivity index (χ1) is 17.0. The Hall–Kier alpha value is -1.35. The highest BCUT2D eigenvalue weighted by Crippen LogP contribution is 2.18. The minimum absolute atomic E-state index is 0.327. The van der Waals surface area contributed by atoms with Crippen LogP contribution in [0, 0.1) is 0 Å². The Balaban J connectivity index is 0. The van der Waals surface area contributed by atoms with Crippen LogP contribution in [0.15, 0.2) is 24.3 Å². The lowest BCUT2D eigenvalue weighted by Gasteiger charge is -2.28. The number of carbonyl (C=O) groups is 2. The van der Waals surface area contributed by atoms with Crippen LogP contribution in [-0.2, 0) is 41.2 Å². The Bertz CT molecular complexity index is 618. The van der Waals surface area contributed by atoms with Gasteiger partial charge in [-0.25, -0.2) is 9.59 Å². The molecule has 36 heavy (non-hydrogen) atoms. The van der Waals surface area contributed by atoms with Gasteiger partial charge in [0.25, 0.3) is 0 Å². The summed E-state index contributed by atoms with van der Waals surface area (Å²) >= 11 is 0. The standard InChI is InChI=1S/C13H26O5Si.C12H24O4Si/c1-6-16-19(17-7-2,18-8-3)11-9-10-15-13(14)12(4)5;1-6-15-17(5,16-7-2)10-8-9-14-12(13)11(3)4/h4,6-11H2,1-3,5H3;3,6-10H2,1-2,4-5H3. The third kappa shape index (κ3) is 18.0. The average Bonchev–Trinajstić information content (AvgIpc) is 2.80. The zero-order valence-electron chi connectivity index (χ0n) is 23.9. The summed E-state index contributed by atoms with van der Waals surface area (Å²) < 4.78 is 38.5. The predicted molar refractivity (Wildman–Crippen MR) is 146 cm³/mol. The van der Waals surface area contributed by atoms with Crippen molar-refractivity contribution in [1.82, 2.24) is 0 Å². The second kappa shape index (κ2) is 21.7. The summed E-state index contributed by atoms with van der Waals surface area (Å²) in [6.45, 7) is 25.8. The summed E-state index contributed by atoms with van der Waals surface area (Å²) in [7, 11) is -4.67. The van der Waals surface area contributed by atoms with Gasteiger partial charge in [0.1, 0.15) is 0 Å². The number of ether oxygens (including phenoxy) is 2. The number of rotatable bonds is 20. The molecule has 0 aromatic rings. The van der Waals surface area contributed by atoms with Crippen LogP contribution in [-0.4, -0.2) is 75.6 Å². The quantitative estimate of drug-likeness (QED) is 0.0878. The Morgan fingerprint density at radius 3 is 1.25 bits per heavy atom. The topological polar surface area (TPSA) is 98.8 Å². The molecular formula is C25H50O9Si2. The monoisotopic (exact) mass is 550 g/mol. The van der Waals surface area contributed by atoms with Crippen molar-refractivity contribution in [2.75, 3.05) is 46.2 Å². The number of hydrogen-bond acceptors (Lipinski definition) is 9. The maximum absolute atomic E-state index is 11.2. The summed E-state index contributed by atoms with van der Waals surface area (Å²) in [4.78, 5) is 22.4. The molecule has 0 aromatic carbocycles. The molecule has 212 valence electrons. The molecule has 0 aliphatic carbocycles. The first-order valence-corrected chi connectivity index (χ1v) is 17.3. The lowest BCUT2D eigenvalue weighted by molar-refractivity contribution is -0.139. The molecule has 0 saturated heterocycles. The summed E-state index contributed by atoms with van der Waals surface area (Å²) in [5.74, 6) is -0.697. The Morgan fingerprint density at radius 2 is 0.944 bits per heavy atom. The highest BCUT2D eigenvalue weighted by atomic mass is 28.4. The molecule has 0 spiro atoms. The molecule has 0 rings (SSSR count). The van der Waals surface area contributed by atoms with E-state index in [4.69, 9.17) is 31.6 Å². The Kier molecular flexibility index (Phi) is 22.2. The molecule has 0 saturated carbocycles. The fraction of sp³-hybridized carbons (Fsp3) is 0.760. The molecule has 0 N–H and O–H groups in total. The molecule has 9 nitrogen and oxygen atoms in total. The maximum atomic E-state index is 11.2. The highest BCUT2D eigenvalue weighted by Gasteiger charge is 2.39. The Morgan fingerprint density at radius 1 is 0.611 bits per heavy atom. The van der Waals surface area contributed by atoms with E-state index in [2.05, 4.69) is 13.2 Å². The van der Waals surface area contributed by atoms with E-state index < -0.39 is 17.4 Å². The summed E-state index contributed by atoms with van der Waals surface area (Å²) in [6.07, 6.45) is 1.42. The van der Waals surface area contributed by atoms with Gasteiger partial charge in [-0.15, -0.1) is 0 Å². The van der Waals surface area contributed by atoms with E-state index in [9.17, 15) is 9.59 Å². The van der Waals surface area contributed by atoms with Gasteiger partial charge in [-0.1, -0.05) is 13.2 Å². The molecule has 0 aliphatic rings. The number of hydrogen-bond donors (Lipinski definition) is 0.